The van der Waals surface area contributed by atoms with Gasteiger partial charge in [-0.05, 0) is 36.8 Å². The van der Waals surface area contributed by atoms with Crippen molar-refractivity contribution in [3.05, 3.63) is 63.9 Å². The smallest absolute Gasteiger partial charge is 0.329 e. The third-order valence-electron chi connectivity index (χ3n) is 5.92. The molecule has 32 heavy (non-hydrogen) atoms. The second-order valence-electron chi connectivity index (χ2n) is 8.27. The zero-order chi connectivity index (χ0) is 22.5. The van der Waals surface area contributed by atoms with Gasteiger partial charge in [0.1, 0.15) is 9.84 Å². The van der Waals surface area contributed by atoms with Gasteiger partial charge in [-0.2, -0.15) is 0 Å². The van der Waals surface area contributed by atoms with Crippen molar-refractivity contribution >= 4 is 43.4 Å². The van der Waals surface area contributed by atoms with Crippen LogP contribution in [0.2, 0.25) is 5.02 Å². The van der Waals surface area contributed by atoms with Gasteiger partial charge in [-0.25, -0.2) is 13.2 Å². The van der Waals surface area contributed by atoms with E-state index in [1.54, 1.807) is 21.5 Å². The Morgan fingerprint density at radius 1 is 1.12 bits per heavy atom. The number of aryl methyl sites for hydroxylation is 1. The molecule has 0 aliphatic carbocycles. The summed E-state index contributed by atoms with van der Waals surface area (Å²) in [5, 5.41) is 1.58. The SMILES string of the molecule is CS(=O)(=O)CCCn1c(Cn2c(=O)n(C3COC3)c3ccncc32)cc2cc(Cl)ccc21. The molecule has 0 saturated carbocycles. The van der Waals surface area contributed by atoms with E-state index in [4.69, 9.17) is 16.3 Å². The molecule has 3 aromatic heterocycles. The molecule has 168 valence electrons. The van der Waals surface area contributed by atoms with Gasteiger partial charge in [0.2, 0.25) is 0 Å². The Kier molecular flexibility index (Phi) is 5.35. The lowest BCUT2D eigenvalue weighted by Gasteiger charge is -2.27. The number of fused-ring (bicyclic) bond motifs is 2. The van der Waals surface area contributed by atoms with Crippen molar-refractivity contribution in [3.63, 3.8) is 0 Å². The van der Waals surface area contributed by atoms with Gasteiger partial charge in [0, 0.05) is 40.6 Å². The first-order valence-electron chi connectivity index (χ1n) is 10.4. The van der Waals surface area contributed by atoms with Gasteiger partial charge in [0.05, 0.1) is 48.8 Å². The van der Waals surface area contributed by atoms with Crippen LogP contribution in [0.4, 0.5) is 0 Å². The first-order chi connectivity index (χ1) is 15.3. The molecule has 0 unspecified atom stereocenters. The summed E-state index contributed by atoms with van der Waals surface area (Å²) in [5.41, 5.74) is 3.36. The Morgan fingerprint density at radius 3 is 2.66 bits per heavy atom. The molecular formula is C22H23ClN4O4S. The number of pyridine rings is 1. The maximum absolute atomic E-state index is 13.4. The summed E-state index contributed by atoms with van der Waals surface area (Å²) in [4.78, 5) is 17.6. The minimum atomic E-state index is -3.06. The van der Waals surface area contributed by atoms with Gasteiger partial charge in [-0.15, -0.1) is 0 Å². The zero-order valence-electron chi connectivity index (χ0n) is 17.6. The molecular weight excluding hydrogens is 452 g/mol. The number of sulfone groups is 1. The van der Waals surface area contributed by atoms with Crippen LogP contribution in [0.1, 0.15) is 18.2 Å². The number of rotatable bonds is 7. The summed E-state index contributed by atoms with van der Waals surface area (Å²) in [7, 11) is -3.06. The van der Waals surface area contributed by atoms with Crippen LogP contribution in [0.3, 0.4) is 0 Å². The third-order valence-corrected chi connectivity index (χ3v) is 7.18. The van der Waals surface area contributed by atoms with Gasteiger partial charge in [0.25, 0.3) is 0 Å². The maximum atomic E-state index is 13.4. The molecule has 1 aliphatic rings. The first kappa shape index (κ1) is 21.2. The Balaban J connectivity index is 1.60. The lowest BCUT2D eigenvalue weighted by atomic mass is 10.2. The van der Waals surface area contributed by atoms with E-state index in [0.717, 1.165) is 27.6 Å². The van der Waals surface area contributed by atoms with E-state index in [9.17, 15) is 13.2 Å². The van der Waals surface area contributed by atoms with E-state index < -0.39 is 9.84 Å². The number of benzene rings is 1. The number of ether oxygens (including phenoxy) is 1. The lowest BCUT2D eigenvalue weighted by molar-refractivity contribution is -0.0231. The molecule has 1 aromatic carbocycles. The Bertz CT molecular complexity index is 1480. The number of hydrogen-bond acceptors (Lipinski definition) is 5. The lowest BCUT2D eigenvalue weighted by Crippen LogP contribution is -2.38. The molecule has 4 heterocycles. The van der Waals surface area contributed by atoms with Crippen molar-refractivity contribution in [1.29, 1.82) is 0 Å². The van der Waals surface area contributed by atoms with Crippen molar-refractivity contribution < 1.29 is 13.2 Å². The topological polar surface area (TPSA) is 88.1 Å². The second kappa shape index (κ2) is 8.06. The largest absolute Gasteiger partial charge is 0.377 e. The standard InChI is InChI=1S/C22H23ClN4O4S/c1-32(29,30)8-2-7-25-17(10-15-9-16(23)3-4-19(15)25)12-26-21-11-24-6-5-20(21)27(22(26)28)18-13-31-14-18/h3-6,9-11,18H,2,7-8,12-14H2,1H3. The minimum absolute atomic E-state index is 0.0214. The van der Waals surface area contributed by atoms with Gasteiger partial charge in [-0.3, -0.25) is 14.1 Å². The quantitative estimate of drug-likeness (QED) is 0.411. The maximum Gasteiger partial charge on any atom is 0.329 e. The van der Waals surface area contributed by atoms with E-state index >= 15 is 0 Å². The highest BCUT2D eigenvalue weighted by molar-refractivity contribution is 7.90. The molecule has 1 aliphatic heterocycles. The van der Waals surface area contributed by atoms with E-state index in [1.165, 1.54) is 6.26 Å². The molecule has 1 fully saturated rings. The van der Waals surface area contributed by atoms with Gasteiger partial charge in [-0.1, -0.05) is 11.6 Å². The van der Waals surface area contributed by atoms with Crippen LogP contribution < -0.4 is 5.69 Å². The summed E-state index contributed by atoms with van der Waals surface area (Å²) in [5.74, 6) is 0.102. The van der Waals surface area contributed by atoms with Crippen molar-refractivity contribution in [3.8, 4) is 0 Å². The molecule has 0 bridgehead atoms. The molecule has 0 spiro atoms. The van der Waals surface area contributed by atoms with E-state index in [0.29, 0.717) is 37.7 Å². The van der Waals surface area contributed by atoms with E-state index in [-0.39, 0.29) is 17.5 Å². The summed E-state index contributed by atoms with van der Waals surface area (Å²) >= 11 is 6.20. The van der Waals surface area contributed by atoms with Crippen LogP contribution in [0.5, 0.6) is 0 Å². The summed E-state index contributed by atoms with van der Waals surface area (Å²) in [6.07, 6.45) is 5.12. The Labute approximate surface area is 189 Å². The number of imidazole rings is 1. The fourth-order valence-electron chi connectivity index (χ4n) is 4.35. The average molecular weight is 475 g/mol. The minimum Gasteiger partial charge on any atom is -0.377 e. The average Bonchev–Trinajstić information content (AvgIpc) is 3.16. The Morgan fingerprint density at radius 2 is 1.94 bits per heavy atom. The number of hydrogen-bond donors (Lipinski definition) is 0. The molecule has 5 rings (SSSR count). The highest BCUT2D eigenvalue weighted by Gasteiger charge is 2.26. The predicted octanol–water partition coefficient (Wildman–Crippen LogP) is 2.86. The molecule has 0 N–H and O–H groups in total. The van der Waals surface area contributed by atoms with E-state index in [1.807, 2.05) is 30.3 Å². The Hall–Kier alpha value is -2.62. The normalized spacial score (nSPS) is 14.9. The fourth-order valence-corrected chi connectivity index (χ4v) is 5.18. The van der Waals surface area contributed by atoms with Gasteiger partial charge in [0.15, 0.2) is 0 Å². The molecule has 0 radical (unpaired) electrons. The number of halogens is 1. The fraction of sp³-hybridized carbons (Fsp3) is 0.364. The highest BCUT2D eigenvalue weighted by Crippen LogP contribution is 2.26. The summed E-state index contributed by atoms with van der Waals surface area (Å²) in [6, 6.07) is 9.52. The number of aromatic nitrogens is 4. The summed E-state index contributed by atoms with van der Waals surface area (Å²) < 4.78 is 34.2. The number of nitrogens with zero attached hydrogens (tertiary/aromatic N) is 4. The van der Waals surface area contributed by atoms with E-state index in [2.05, 4.69) is 9.55 Å². The highest BCUT2D eigenvalue weighted by atomic mass is 35.5. The molecule has 0 amide bonds. The van der Waals surface area contributed by atoms with Gasteiger partial charge < -0.3 is 9.30 Å². The second-order valence-corrected chi connectivity index (χ2v) is 11.0. The molecule has 8 nitrogen and oxygen atoms in total. The molecule has 4 aromatic rings. The molecule has 0 atom stereocenters. The third kappa shape index (κ3) is 3.85. The van der Waals surface area contributed by atoms with Crippen LogP contribution in [0.25, 0.3) is 21.9 Å². The van der Waals surface area contributed by atoms with Gasteiger partial charge >= 0.3 is 5.69 Å². The summed E-state index contributed by atoms with van der Waals surface area (Å²) in [6.45, 7) is 1.90. The molecule has 1 saturated heterocycles. The van der Waals surface area contributed by atoms with Crippen LogP contribution >= 0.6 is 11.6 Å². The van der Waals surface area contributed by atoms with Crippen molar-refractivity contribution in [2.75, 3.05) is 25.2 Å². The van der Waals surface area contributed by atoms with Crippen molar-refractivity contribution in [2.45, 2.75) is 25.6 Å². The van der Waals surface area contributed by atoms with Crippen molar-refractivity contribution in [2.24, 2.45) is 0 Å². The monoisotopic (exact) mass is 474 g/mol. The first-order valence-corrected chi connectivity index (χ1v) is 12.8. The predicted molar refractivity (Wildman–Crippen MR) is 124 cm³/mol. The van der Waals surface area contributed by atoms with Crippen LogP contribution in [-0.2, 0) is 27.7 Å². The van der Waals surface area contributed by atoms with Crippen LogP contribution in [0.15, 0.2) is 47.5 Å². The zero-order valence-corrected chi connectivity index (χ0v) is 19.1. The van der Waals surface area contributed by atoms with Crippen molar-refractivity contribution in [1.82, 2.24) is 18.7 Å². The van der Waals surface area contributed by atoms with Crippen LogP contribution in [0, 0.1) is 0 Å². The van der Waals surface area contributed by atoms with Crippen LogP contribution in [-0.4, -0.2) is 52.3 Å². The molecule has 10 heteroatoms.